The second-order valence-electron chi connectivity index (χ2n) is 6.57. The molecule has 4 nitrogen and oxygen atoms in total. The van der Waals surface area contributed by atoms with Crippen molar-refractivity contribution in [1.29, 1.82) is 0 Å². The molecular weight excluding hydrogens is 405 g/mol. The highest BCUT2D eigenvalue weighted by Crippen LogP contribution is 2.19. The Kier molecular flexibility index (Phi) is 8.51. The lowest BCUT2D eigenvalue weighted by Gasteiger charge is -2.22. The first-order valence-electron chi connectivity index (χ1n) is 9.27. The molecule has 0 aromatic heterocycles. The lowest BCUT2D eigenvalue weighted by molar-refractivity contribution is -0.134. The highest BCUT2D eigenvalue weighted by atomic mass is 35.5. The van der Waals surface area contributed by atoms with Crippen molar-refractivity contribution >= 4 is 29.1 Å². The molecule has 0 radical (unpaired) electrons. The zero-order valence-corrected chi connectivity index (χ0v) is 16.7. The van der Waals surface area contributed by atoms with Crippen molar-refractivity contribution in [2.24, 2.45) is 0 Å². The molecule has 0 atom stereocenters. The normalized spacial score (nSPS) is 10.7. The topological polar surface area (TPSA) is 49.4 Å². The molecule has 0 aliphatic heterocycles. The Labute approximate surface area is 172 Å². The highest BCUT2D eigenvalue weighted by Gasteiger charge is 2.19. The summed E-state index contributed by atoms with van der Waals surface area (Å²) >= 11 is 5.84. The Morgan fingerprint density at radius 1 is 1.03 bits per heavy atom. The van der Waals surface area contributed by atoms with E-state index in [9.17, 15) is 22.8 Å². The molecule has 156 valence electrons. The molecule has 0 fully saturated rings. The summed E-state index contributed by atoms with van der Waals surface area (Å²) in [6, 6.07) is 9.00. The number of hydrogen-bond acceptors (Lipinski definition) is 2. The Morgan fingerprint density at radius 2 is 1.72 bits per heavy atom. The average Bonchev–Trinajstić information content (AvgIpc) is 2.69. The van der Waals surface area contributed by atoms with Gasteiger partial charge < -0.3 is 10.2 Å². The van der Waals surface area contributed by atoms with E-state index in [0.29, 0.717) is 30.8 Å². The van der Waals surface area contributed by atoms with E-state index in [4.69, 9.17) is 11.6 Å². The number of nitrogens with one attached hydrogen (secondary N) is 1. The maximum Gasteiger partial charge on any atom is 0.244 e. The summed E-state index contributed by atoms with van der Waals surface area (Å²) in [7, 11) is 0. The molecule has 0 saturated heterocycles. The number of carbonyl (C=O) groups excluding carboxylic acids is 2. The van der Waals surface area contributed by atoms with Gasteiger partial charge in [0.25, 0.3) is 0 Å². The smallest absolute Gasteiger partial charge is 0.244 e. The lowest BCUT2D eigenvalue weighted by atomic mass is 10.1. The molecule has 8 heteroatoms. The lowest BCUT2D eigenvalue weighted by Crippen LogP contribution is -2.38. The van der Waals surface area contributed by atoms with Gasteiger partial charge in [-0.1, -0.05) is 30.7 Å². The molecule has 29 heavy (non-hydrogen) atoms. The second-order valence-corrected chi connectivity index (χ2v) is 7.00. The zero-order chi connectivity index (χ0) is 21.4. The third-order valence-electron chi connectivity index (χ3n) is 4.26. The zero-order valence-electron chi connectivity index (χ0n) is 16.0. The summed E-state index contributed by atoms with van der Waals surface area (Å²) in [4.78, 5) is 26.0. The number of aryl methyl sites for hydroxylation is 1. The summed E-state index contributed by atoms with van der Waals surface area (Å²) in [6.07, 6.45) is 2.17. The van der Waals surface area contributed by atoms with Gasteiger partial charge in [-0.15, -0.1) is 0 Å². The van der Waals surface area contributed by atoms with Crippen molar-refractivity contribution in [3.05, 3.63) is 64.4 Å². The molecule has 0 saturated carbocycles. The summed E-state index contributed by atoms with van der Waals surface area (Å²) < 4.78 is 40.0. The predicted molar refractivity (Wildman–Crippen MR) is 106 cm³/mol. The molecule has 0 aliphatic rings. The highest BCUT2D eigenvalue weighted by molar-refractivity contribution is 6.30. The fraction of sp³-hybridized carbons (Fsp3) is 0.333. The molecule has 0 bridgehead atoms. The first kappa shape index (κ1) is 22.7. The van der Waals surface area contributed by atoms with Crippen LogP contribution >= 0.6 is 11.6 Å². The molecule has 2 rings (SSSR count). The van der Waals surface area contributed by atoms with Crippen LogP contribution in [0.15, 0.2) is 36.4 Å². The van der Waals surface area contributed by atoms with Crippen molar-refractivity contribution in [1.82, 2.24) is 4.90 Å². The van der Waals surface area contributed by atoms with E-state index in [1.165, 1.54) is 4.90 Å². The SMILES string of the molecule is CCCN(CC(=O)Nc1ccc(F)c(F)c1F)C(=O)CCCc1ccc(Cl)cc1. The Hall–Kier alpha value is -2.54. The number of halogens is 4. The van der Waals surface area contributed by atoms with Crippen molar-refractivity contribution in [3.63, 3.8) is 0 Å². The van der Waals surface area contributed by atoms with Crippen molar-refractivity contribution in [2.75, 3.05) is 18.4 Å². The van der Waals surface area contributed by atoms with Gasteiger partial charge in [-0.25, -0.2) is 13.2 Å². The van der Waals surface area contributed by atoms with Gasteiger partial charge in [0, 0.05) is 18.0 Å². The summed E-state index contributed by atoms with van der Waals surface area (Å²) in [5.41, 5.74) is 0.580. The number of amides is 2. The molecule has 0 heterocycles. The summed E-state index contributed by atoms with van der Waals surface area (Å²) in [5.74, 6) is -5.37. The largest absolute Gasteiger partial charge is 0.333 e. The van der Waals surface area contributed by atoms with Crippen LogP contribution in [-0.4, -0.2) is 29.8 Å². The van der Waals surface area contributed by atoms with Gasteiger partial charge in [-0.05, 0) is 49.1 Å². The molecule has 0 spiro atoms. The van der Waals surface area contributed by atoms with Crippen LogP contribution < -0.4 is 5.32 Å². The van der Waals surface area contributed by atoms with Crippen molar-refractivity contribution in [2.45, 2.75) is 32.6 Å². The van der Waals surface area contributed by atoms with E-state index in [2.05, 4.69) is 5.32 Å². The minimum atomic E-state index is -1.66. The van der Waals surface area contributed by atoms with Gasteiger partial charge >= 0.3 is 0 Å². The minimum absolute atomic E-state index is 0.207. The van der Waals surface area contributed by atoms with E-state index in [-0.39, 0.29) is 18.9 Å². The van der Waals surface area contributed by atoms with Crippen molar-refractivity contribution < 1.29 is 22.8 Å². The van der Waals surface area contributed by atoms with Gasteiger partial charge in [0.15, 0.2) is 17.5 Å². The van der Waals surface area contributed by atoms with Gasteiger partial charge in [-0.2, -0.15) is 0 Å². The van der Waals surface area contributed by atoms with Gasteiger partial charge in [0.1, 0.15) is 0 Å². The van der Waals surface area contributed by atoms with Crippen LogP contribution in [0.1, 0.15) is 31.7 Å². The number of rotatable bonds is 9. The second kappa shape index (κ2) is 10.9. The number of anilines is 1. The van der Waals surface area contributed by atoms with Crippen LogP contribution in [-0.2, 0) is 16.0 Å². The molecule has 2 amide bonds. The van der Waals surface area contributed by atoms with E-state index >= 15 is 0 Å². The van der Waals surface area contributed by atoms with Gasteiger partial charge in [-0.3, -0.25) is 9.59 Å². The number of nitrogens with zero attached hydrogens (tertiary/aromatic N) is 1. The first-order chi connectivity index (χ1) is 13.8. The number of benzene rings is 2. The molecular formula is C21H22ClF3N2O2. The van der Waals surface area contributed by atoms with Crippen LogP contribution in [0.3, 0.4) is 0 Å². The third-order valence-corrected chi connectivity index (χ3v) is 4.51. The third kappa shape index (κ3) is 6.78. The van der Waals surface area contributed by atoms with E-state index in [0.717, 1.165) is 17.7 Å². The summed E-state index contributed by atoms with van der Waals surface area (Å²) in [6.45, 7) is 1.92. The van der Waals surface area contributed by atoms with Crippen molar-refractivity contribution in [3.8, 4) is 0 Å². The van der Waals surface area contributed by atoms with E-state index < -0.39 is 29.0 Å². The Morgan fingerprint density at radius 3 is 2.38 bits per heavy atom. The molecule has 1 N–H and O–H groups in total. The van der Waals surface area contributed by atoms with Crippen LogP contribution in [0.25, 0.3) is 0 Å². The monoisotopic (exact) mass is 426 g/mol. The Balaban J connectivity index is 1.90. The van der Waals surface area contributed by atoms with Crippen LogP contribution in [0.4, 0.5) is 18.9 Å². The number of hydrogen-bond donors (Lipinski definition) is 1. The maximum absolute atomic E-state index is 13.7. The van der Waals surface area contributed by atoms with E-state index in [1.807, 2.05) is 19.1 Å². The van der Waals surface area contributed by atoms with Crippen LogP contribution in [0.5, 0.6) is 0 Å². The minimum Gasteiger partial charge on any atom is -0.333 e. The molecule has 2 aromatic rings. The predicted octanol–water partition coefficient (Wildman–Crippen LogP) is 4.96. The van der Waals surface area contributed by atoms with Crippen LogP contribution in [0, 0.1) is 17.5 Å². The first-order valence-corrected chi connectivity index (χ1v) is 9.65. The molecule has 0 aliphatic carbocycles. The average molecular weight is 427 g/mol. The fourth-order valence-electron chi connectivity index (χ4n) is 2.80. The van der Waals surface area contributed by atoms with E-state index in [1.54, 1.807) is 12.1 Å². The molecule has 0 unspecified atom stereocenters. The van der Waals surface area contributed by atoms with Crippen LogP contribution in [0.2, 0.25) is 5.02 Å². The number of carbonyl (C=O) groups is 2. The molecule has 2 aromatic carbocycles. The van der Waals surface area contributed by atoms with Gasteiger partial charge in [0.2, 0.25) is 11.8 Å². The fourth-order valence-corrected chi connectivity index (χ4v) is 2.93. The quantitative estimate of drug-likeness (QED) is 0.576. The summed E-state index contributed by atoms with van der Waals surface area (Å²) in [5, 5.41) is 2.82. The van der Waals surface area contributed by atoms with Gasteiger partial charge in [0.05, 0.1) is 12.2 Å². The standard InChI is InChI=1S/C21H22ClF3N2O2/c1-2-12-27(19(29)5-3-4-14-6-8-15(22)9-7-14)13-18(28)26-17-11-10-16(23)20(24)21(17)25/h6-11H,2-5,12-13H2,1H3,(H,26,28). The Bertz CT molecular complexity index is 860. The maximum atomic E-state index is 13.7.